The first-order valence-corrected chi connectivity index (χ1v) is 9.32. The van der Waals surface area contributed by atoms with Crippen LogP contribution in [0, 0.1) is 0 Å². The van der Waals surface area contributed by atoms with Gasteiger partial charge in [0.15, 0.2) is 0 Å². The molecule has 0 aromatic carbocycles. The van der Waals surface area contributed by atoms with Gasteiger partial charge in [-0.25, -0.2) is 0 Å². The molecule has 1 atom stereocenters. The second-order valence-corrected chi connectivity index (χ2v) is 7.17. The second kappa shape index (κ2) is 8.58. The molecule has 3 heterocycles. The van der Waals surface area contributed by atoms with Crippen LogP contribution in [0.4, 0.5) is 0 Å². The number of hydrogen-bond acceptors (Lipinski definition) is 4. The molecular weight excluding hydrogens is 300 g/mol. The molecule has 1 unspecified atom stereocenters. The van der Waals surface area contributed by atoms with E-state index in [0.29, 0.717) is 12.5 Å². The molecule has 1 aromatic heterocycles. The van der Waals surface area contributed by atoms with E-state index in [2.05, 4.69) is 26.7 Å². The highest BCUT2D eigenvalue weighted by atomic mass is 16.2. The molecule has 24 heavy (non-hydrogen) atoms. The maximum Gasteiger partial charge on any atom is 0.228 e. The number of nitrogens with zero attached hydrogens (tertiary/aromatic N) is 4. The van der Waals surface area contributed by atoms with Gasteiger partial charge < -0.3 is 14.7 Å². The zero-order valence-corrected chi connectivity index (χ0v) is 14.9. The van der Waals surface area contributed by atoms with Crippen LogP contribution in [0.15, 0.2) is 24.4 Å². The zero-order chi connectivity index (χ0) is 16.8. The van der Waals surface area contributed by atoms with Gasteiger partial charge in [-0.05, 0) is 44.9 Å². The maximum atomic E-state index is 12.7. The van der Waals surface area contributed by atoms with Crippen LogP contribution in [0.5, 0.6) is 0 Å². The van der Waals surface area contributed by atoms with Gasteiger partial charge in [-0.15, -0.1) is 0 Å². The van der Waals surface area contributed by atoms with Crippen molar-refractivity contribution in [3.05, 3.63) is 30.1 Å². The number of piperazine rings is 1. The number of piperidine rings is 1. The Morgan fingerprint density at radius 2 is 2.00 bits per heavy atom. The SMILES string of the molecule is CN1CCN(CCC2CCCCN2C(=O)Cc2ccccn2)CC1. The fourth-order valence-electron chi connectivity index (χ4n) is 3.79. The Morgan fingerprint density at radius 3 is 2.75 bits per heavy atom. The summed E-state index contributed by atoms with van der Waals surface area (Å²) in [7, 11) is 2.19. The zero-order valence-electron chi connectivity index (χ0n) is 14.9. The van der Waals surface area contributed by atoms with Crippen LogP contribution in [-0.2, 0) is 11.2 Å². The minimum Gasteiger partial charge on any atom is -0.339 e. The van der Waals surface area contributed by atoms with Crippen molar-refractivity contribution in [2.24, 2.45) is 0 Å². The summed E-state index contributed by atoms with van der Waals surface area (Å²) in [6.07, 6.45) is 6.86. The molecule has 5 heteroatoms. The van der Waals surface area contributed by atoms with Crippen molar-refractivity contribution in [2.75, 3.05) is 46.3 Å². The molecule has 1 amide bonds. The Bertz CT molecular complexity index is 513. The first kappa shape index (κ1) is 17.4. The van der Waals surface area contributed by atoms with Gasteiger partial charge in [0.25, 0.3) is 0 Å². The third kappa shape index (κ3) is 4.77. The second-order valence-electron chi connectivity index (χ2n) is 7.17. The Balaban J connectivity index is 1.52. The van der Waals surface area contributed by atoms with E-state index in [9.17, 15) is 4.79 Å². The third-order valence-corrected chi connectivity index (χ3v) is 5.38. The number of amides is 1. The summed E-state index contributed by atoms with van der Waals surface area (Å²) < 4.78 is 0. The highest BCUT2D eigenvalue weighted by molar-refractivity contribution is 5.78. The molecule has 0 bridgehead atoms. The van der Waals surface area contributed by atoms with Crippen LogP contribution in [0.1, 0.15) is 31.4 Å². The van der Waals surface area contributed by atoms with E-state index in [1.807, 2.05) is 18.2 Å². The Kier molecular flexibility index (Phi) is 6.21. The number of carbonyl (C=O) groups excluding carboxylic acids is 1. The number of likely N-dealkylation sites (tertiary alicyclic amines) is 1. The predicted octanol–water partition coefficient (Wildman–Crippen LogP) is 1.64. The topological polar surface area (TPSA) is 39.7 Å². The van der Waals surface area contributed by atoms with E-state index in [1.54, 1.807) is 6.20 Å². The van der Waals surface area contributed by atoms with Gasteiger partial charge in [-0.1, -0.05) is 6.07 Å². The van der Waals surface area contributed by atoms with Gasteiger partial charge in [0.1, 0.15) is 0 Å². The van der Waals surface area contributed by atoms with Crippen molar-refractivity contribution in [1.29, 1.82) is 0 Å². The molecule has 2 aliphatic heterocycles. The van der Waals surface area contributed by atoms with Crippen molar-refractivity contribution in [1.82, 2.24) is 19.7 Å². The molecule has 0 spiro atoms. The monoisotopic (exact) mass is 330 g/mol. The first-order chi connectivity index (χ1) is 11.7. The van der Waals surface area contributed by atoms with Gasteiger partial charge in [0.2, 0.25) is 5.91 Å². The van der Waals surface area contributed by atoms with Crippen molar-refractivity contribution < 1.29 is 4.79 Å². The molecule has 0 N–H and O–H groups in total. The van der Waals surface area contributed by atoms with E-state index >= 15 is 0 Å². The normalized spacial score (nSPS) is 23.4. The van der Waals surface area contributed by atoms with Crippen molar-refractivity contribution in [3.8, 4) is 0 Å². The Hall–Kier alpha value is -1.46. The number of carbonyl (C=O) groups is 1. The van der Waals surface area contributed by atoms with Crippen LogP contribution in [-0.4, -0.2) is 77.9 Å². The summed E-state index contributed by atoms with van der Waals surface area (Å²) in [4.78, 5) is 24.1. The molecule has 2 aliphatic rings. The summed E-state index contributed by atoms with van der Waals surface area (Å²) in [5, 5.41) is 0. The lowest BCUT2D eigenvalue weighted by Gasteiger charge is -2.38. The van der Waals surface area contributed by atoms with E-state index in [-0.39, 0.29) is 5.91 Å². The highest BCUT2D eigenvalue weighted by Crippen LogP contribution is 2.21. The Labute approximate surface area is 145 Å². The molecule has 0 radical (unpaired) electrons. The van der Waals surface area contributed by atoms with Crippen LogP contribution < -0.4 is 0 Å². The number of likely N-dealkylation sites (N-methyl/N-ethyl adjacent to an activating group) is 1. The van der Waals surface area contributed by atoms with E-state index in [0.717, 1.165) is 64.2 Å². The molecule has 1 aromatic rings. The van der Waals surface area contributed by atoms with Crippen LogP contribution in [0.25, 0.3) is 0 Å². The molecule has 132 valence electrons. The number of aromatic nitrogens is 1. The van der Waals surface area contributed by atoms with Crippen molar-refractivity contribution in [2.45, 2.75) is 38.1 Å². The summed E-state index contributed by atoms with van der Waals surface area (Å²) in [6.45, 7) is 6.67. The maximum absolute atomic E-state index is 12.7. The minimum absolute atomic E-state index is 0.247. The van der Waals surface area contributed by atoms with Gasteiger partial charge in [-0.3, -0.25) is 9.78 Å². The molecule has 3 rings (SSSR count). The standard InChI is InChI=1S/C19H30N4O/c1-21-12-14-22(15-13-21)11-8-18-7-3-5-10-23(18)19(24)16-17-6-2-4-9-20-17/h2,4,6,9,18H,3,5,7-8,10-16H2,1H3. The number of hydrogen-bond donors (Lipinski definition) is 0. The molecule has 2 saturated heterocycles. The van der Waals surface area contributed by atoms with Crippen molar-refractivity contribution >= 4 is 5.91 Å². The summed E-state index contributed by atoms with van der Waals surface area (Å²) in [5.74, 6) is 0.247. The van der Waals surface area contributed by atoms with E-state index < -0.39 is 0 Å². The fourth-order valence-corrected chi connectivity index (χ4v) is 3.79. The Morgan fingerprint density at radius 1 is 1.17 bits per heavy atom. The minimum atomic E-state index is 0.247. The van der Waals surface area contributed by atoms with E-state index in [1.165, 1.54) is 6.42 Å². The molecule has 0 aliphatic carbocycles. The lowest BCUT2D eigenvalue weighted by atomic mass is 9.98. The molecule has 5 nitrogen and oxygen atoms in total. The lowest BCUT2D eigenvalue weighted by molar-refractivity contribution is -0.134. The largest absolute Gasteiger partial charge is 0.339 e. The van der Waals surface area contributed by atoms with Gasteiger partial charge in [0, 0.05) is 57.2 Å². The summed E-state index contributed by atoms with van der Waals surface area (Å²) in [6, 6.07) is 6.21. The average molecular weight is 330 g/mol. The number of pyridine rings is 1. The van der Waals surface area contributed by atoms with Gasteiger partial charge in [0.05, 0.1) is 6.42 Å². The van der Waals surface area contributed by atoms with Gasteiger partial charge >= 0.3 is 0 Å². The smallest absolute Gasteiger partial charge is 0.228 e. The summed E-state index contributed by atoms with van der Waals surface area (Å²) >= 11 is 0. The number of rotatable bonds is 5. The summed E-state index contributed by atoms with van der Waals surface area (Å²) in [5.41, 5.74) is 0.880. The first-order valence-electron chi connectivity index (χ1n) is 9.32. The molecule has 2 fully saturated rings. The average Bonchev–Trinajstić information content (AvgIpc) is 2.62. The molecule has 0 saturated carbocycles. The van der Waals surface area contributed by atoms with Crippen LogP contribution >= 0.6 is 0 Å². The van der Waals surface area contributed by atoms with Crippen LogP contribution in [0.3, 0.4) is 0 Å². The third-order valence-electron chi connectivity index (χ3n) is 5.38. The predicted molar refractivity (Wildman–Crippen MR) is 95.8 cm³/mol. The van der Waals surface area contributed by atoms with E-state index in [4.69, 9.17) is 0 Å². The quantitative estimate of drug-likeness (QED) is 0.823. The highest BCUT2D eigenvalue weighted by Gasteiger charge is 2.27. The lowest BCUT2D eigenvalue weighted by Crippen LogP contribution is -2.48. The molecular formula is C19H30N4O. The van der Waals surface area contributed by atoms with Crippen molar-refractivity contribution in [3.63, 3.8) is 0 Å². The van der Waals surface area contributed by atoms with Crippen LogP contribution in [0.2, 0.25) is 0 Å². The fraction of sp³-hybridized carbons (Fsp3) is 0.684. The van der Waals surface area contributed by atoms with Gasteiger partial charge in [-0.2, -0.15) is 0 Å².